The molecule has 2 aromatic heterocycles. The third-order valence-corrected chi connectivity index (χ3v) is 5.45. The van der Waals surface area contributed by atoms with Gasteiger partial charge >= 0.3 is 12.4 Å². The summed E-state index contributed by atoms with van der Waals surface area (Å²) < 4.78 is 79.0. The first-order valence-corrected chi connectivity index (χ1v) is 10.5. The van der Waals surface area contributed by atoms with Gasteiger partial charge in [-0.05, 0) is 42.3 Å². The summed E-state index contributed by atoms with van der Waals surface area (Å²) >= 11 is 0. The van der Waals surface area contributed by atoms with Gasteiger partial charge in [-0.2, -0.15) is 26.3 Å². The number of carbonyl (C=O) groups excluding carboxylic acids is 1. The quantitative estimate of drug-likeness (QED) is 0.341. The van der Waals surface area contributed by atoms with Crippen LogP contribution in [-0.2, 0) is 18.9 Å². The van der Waals surface area contributed by atoms with E-state index in [9.17, 15) is 35.9 Å². The van der Waals surface area contributed by atoms with Crippen LogP contribution in [-0.4, -0.2) is 15.9 Å². The fourth-order valence-corrected chi connectivity index (χ4v) is 3.74. The third kappa shape index (κ3) is 5.09. The highest BCUT2D eigenvalue weighted by Crippen LogP contribution is 2.36. The van der Waals surface area contributed by atoms with Crippen molar-refractivity contribution >= 4 is 16.8 Å². The van der Waals surface area contributed by atoms with Crippen molar-refractivity contribution in [3.05, 3.63) is 99.1 Å². The molecule has 11 heteroatoms. The first-order valence-electron chi connectivity index (χ1n) is 10.5. The standard InChI is InChI=1S/C25H17F6N3O2/c1-13-4-6-15(7-5-13)19-18-3-2-8-32-20(18)23(36)34-21(19)22(35)33-12-14-9-16(24(26,27)28)11-17(10-14)25(29,30)31/h2-11H,12H2,1H3,(H,33,35)(H,34,36). The number of aryl methyl sites for hydroxylation is 1. The average molecular weight is 505 g/mol. The van der Waals surface area contributed by atoms with Crippen molar-refractivity contribution in [1.29, 1.82) is 0 Å². The van der Waals surface area contributed by atoms with Gasteiger partial charge in [-0.1, -0.05) is 35.9 Å². The Morgan fingerprint density at radius 3 is 2.14 bits per heavy atom. The molecule has 0 spiro atoms. The Morgan fingerprint density at radius 2 is 1.56 bits per heavy atom. The van der Waals surface area contributed by atoms with E-state index in [-0.39, 0.29) is 17.3 Å². The van der Waals surface area contributed by atoms with Crippen molar-refractivity contribution in [3.8, 4) is 11.1 Å². The van der Waals surface area contributed by atoms with Crippen LogP contribution in [0, 0.1) is 6.92 Å². The van der Waals surface area contributed by atoms with Crippen LogP contribution in [0.4, 0.5) is 26.3 Å². The second kappa shape index (κ2) is 9.14. The summed E-state index contributed by atoms with van der Waals surface area (Å²) in [4.78, 5) is 32.2. The average Bonchev–Trinajstić information content (AvgIpc) is 2.82. The number of nitrogens with zero attached hydrogens (tertiary/aromatic N) is 1. The number of alkyl halides is 6. The Labute approximate surface area is 199 Å². The normalized spacial score (nSPS) is 12.1. The van der Waals surface area contributed by atoms with Gasteiger partial charge in [0.1, 0.15) is 11.2 Å². The SMILES string of the molecule is Cc1ccc(-c2c(C(=O)NCc3cc(C(F)(F)F)cc(C(F)(F)F)c3)[nH]c(=O)c3ncccc23)cc1. The molecule has 0 unspecified atom stereocenters. The number of amides is 1. The van der Waals surface area contributed by atoms with Crippen LogP contribution < -0.4 is 10.9 Å². The Kier molecular flexibility index (Phi) is 6.33. The number of carbonyl (C=O) groups is 1. The van der Waals surface area contributed by atoms with E-state index < -0.39 is 47.1 Å². The predicted octanol–water partition coefficient (Wildman–Crippen LogP) is 5.87. The summed E-state index contributed by atoms with van der Waals surface area (Å²) in [6.07, 6.45) is -8.63. The van der Waals surface area contributed by atoms with Crippen molar-refractivity contribution in [2.75, 3.05) is 0 Å². The molecule has 0 fully saturated rings. The van der Waals surface area contributed by atoms with Gasteiger partial charge in [0, 0.05) is 23.7 Å². The lowest BCUT2D eigenvalue weighted by Crippen LogP contribution is -2.27. The van der Waals surface area contributed by atoms with Gasteiger partial charge < -0.3 is 10.3 Å². The molecule has 2 aromatic carbocycles. The van der Waals surface area contributed by atoms with Gasteiger partial charge in [0.05, 0.1) is 11.1 Å². The van der Waals surface area contributed by atoms with Gasteiger partial charge in [0.25, 0.3) is 11.5 Å². The van der Waals surface area contributed by atoms with E-state index in [0.717, 1.165) is 5.56 Å². The van der Waals surface area contributed by atoms with E-state index in [2.05, 4.69) is 15.3 Å². The second-order valence-corrected chi connectivity index (χ2v) is 8.07. The number of rotatable bonds is 4. The minimum Gasteiger partial charge on any atom is -0.347 e. The number of benzene rings is 2. The number of pyridine rings is 2. The molecule has 0 atom stereocenters. The van der Waals surface area contributed by atoms with Crippen LogP contribution in [0.2, 0.25) is 0 Å². The third-order valence-electron chi connectivity index (χ3n) is 5.45. The van der Waals surface area contributed by atoms with Gasteiger partial charge in [-0.3, -0.25) is 14.6 Å². The molecular weight excluding hydrogens is 488 g/mol. The number of aromatic amines is 1. The lowest BCUT2D eigenvalue weighted by Gasteiger charge is -2.16. The molecule has 4 rings (SSSR count). The maximum Gasteiger partial charge on any atom is 0.416 e. The van der Waals surface area contributed by atoms with Crippen molar-refractivity contribution in [2.45, 2.75) is 25.8 Å². The number of H-pyrrole nitrogens is 1. The van der Waals surface area contributed by atoms with E-state index in [1.54, 1.807) is 36.4 Å². The Bertz CT molecular complexity index is 1470. The molecule has 1 amide bonds. The van der Waals surface area contributed by atoms with E-state index >= 15 is 0 Å². The van der Waals surface area contributed by atoms with Crippen LogP contribution >= 0.6 is 0 Å². The van der Waals surface area contributed by atoms with Crippen LogP contribution in [0.25, 0.3) is 22.0 Å². The molecular formula is C25H17F6N3O2. The lowest BCUT2D eigenvalue weighted by atomic mass is 9.97. The first kappa shape index (κ1) is 25.0. The molecule has 2 N–H and O–H groups in total. The molecule has 36 heavy (non-hydrogen) atoms. The molecule has 0 saturated carbocycles. The molecule has 0 bridgehead atoms. The second-order valence-electron chi connectivity index (χ2n) is 8.07. The fraction of sp³-hybridized carbons (Fsp3) is 0.160. The molecule has 0 aliphatic rings. The Hall–Kier alpha value is -4.15. The van der Waals surface area contributed by atoms with E-state index in [1.807, 2.05) is 6.92 Å². The van der Waals surface area contributed by atoms with Crippen molar-refractivity contribution < 1.29 is 31.1 Å². The largest absolute Gasteiger partial charge is 0.416 e. The summed E-state index contributed by atoms with van der Waals surface area (Å²) in [5.74, 6) is -0.889. The van der Waals surface area contributed by atoms with Crippen molar-refractivity contribution in [2.24, 2.45) is 0 Å². The fourth-order valence-electron chi connectivity index (χ4n) is 3.74. The van der Waals surface area contributed by atoms with Crippen molar-refractivity contribution in [1.82, 2.24) is 15.3 Å². The maximum absolute atomic E-state index is 13.2. The maximum atomic E-state index is 13.2. The molecule has 5 nitrogen and oxygen atoms in total. The van der Waals surface area contributed by atoms with Gasteiger partial charge in [0.2, 0.25) is 0 Å². The number of aromatic nitrogens is 2. The molecule has 0 saturated heterocycles. The highest BCUT2D eigenvalue weighted by atomic mass is 19.4. The minimum absolute atomic E-state index is 0.00857. The smallest absolute Gasteiger partial charge is 0.347 e. The van der Waals surface area contributed by atoms with Crippen LogP contribution in [0.1, 0.15) is 32.7 Å². The zero-order chi connectivity index (χ0) is 26.3. The zero-order valence-electron chi connectivity index (χ0n) is 18.5. The zero-order valence-corrected chi connectivity index (χ0v) is 18.5. The molecule has 4 aromatic rings. The summed E-state index contributed by atoms with van der Waals surface area (Å²) in [6, 6.07) is 11.2. The predicted molar refractivity (Wildman–Crippen MR) is 120 cm³/mol. The molecule has 186 valence electrons. The molecule has 0 aliphatic carbocycles. The van der Waals surface area contributed by atoms with Crippen LogP contribution in [0.15, 0.2) is 65.6 Å². The summed E-state index contributed by atoms with van der Waals surface area (Å²) in [5, 5.41) is 2.68. The molecule has 2 heterocycles. The highest BCUT2D eigenvalue weighted by Gasteiger charge is 2.37. The van der Waals surface area contributed by atoms with E-state index in [1.165, 1.54) is 6.20 Å². The minimum atomic E-state index is -5.02. The number of fused-ring (bicyclic) bond motifs is 1. The summed E-state index contributed by atoms with van der Waals surface area (Å²) in [7, 11) is 0. The number of hydrogen-bond acceptors (Lipinski definition) is 3. The number of halogens is 6. The van der Waals surface area contributed by atoms with Crippen LogP contribution in [0.5, 0.6) is 0 Å². The molecule has 0 radical (unpaired) electrons. The number of nitrogens with one attached hydrogen (secondary N) is 2. The first-order chi connectivity index (χ1) is 16.8. The summed E-state index contributed by atoms with van der Waals surface area (Å²) in [5.41, 5.74) is -2.41. The van der Waals surface area contributed by atoms with E-state index in [4.69, 9.17) is 0 Å². The van der Waals surface area contributed by atoms with Crippen LogP contribution in [0.3, 0.4) is 0 Å². The Morgan fingerprint density at radius 1 is 0.944 bits per heavy atom. The Balaban J connectivity index is 1.76. The highest BCUT2D eigenvalue weighted by molar-refractivity contribution is 6.07. The summed E-state index contributed by atoms with van der Waals surface area (Å²) in [6.45, 7) is 1.21. The van der Waals surface area contributed by atoms with E-state index in [0.29, 0.717) is 28.6 Å². The van der Waals surface area contributed by atoms with Gasteiger partial charge in [-0.15, -0.1) is 0 Å². The van der Waals surface area contributed by atoms with Gasteiger partial charge in [-0.25, -0.2) is 0 Å². The monoisotopic (exact) mass is 505 g/mol. The number of hydrogen-bond donors (Lipinski definition) is 2. The topological polar surface area (TPSA) is 74.8 Å². The van der Waals surface area contributed by atoms with Crippen molar-refractivity contribution in [3.63, 3.8) is 0 Å². The van der Waals surface area contributed by atoms with Gasteiger partial charge in [0.15, 0.2) is 0 Å². The molecule has 0 aliphatic heterocycles. The lowest BCUT2D eigenvalue weighted by molar-refractivity contribution is -0.143.